The van der Waals surface area contributed by atoms with E-state index in [0.29, 0.717) is 37.5 Å². The molecular weight excluding hydrogens is 460 g/mol. The van der Waals surface area contributed by atoms with Gasteiger partial charge in [-0.25, -0.2) is 4.98 Å². The first-order chi connectivity index (χ1) is 17.7. The molecule has 2 aromatic carbocycles. The number of nitrogens with zero attached hydrogens (tertiary/aromatic N) is 3. The van der Waals surface area contributed by atoms with Crippen LogP contribution in [0.5, 0.6) is 0 Å². The van der Waals surface area contributed by atoms with Crippen molar-refractivity contribution in [1.82, 2.24) is 19.8 Å². The quantitative estimate of drug-likeness (QED) is 0.436. The van der Waals surface area contributed by atoms with E-state index in [1.807, 2.05) is 51.1 Å². The van der Waals surface area contributed by atoms with Crippen LogP contribution in [0.3, 0.4) is 0 Å². The molecule has 2 aliphatic rings. The number of para-hydroxylation sites is 2. The number of piperidine rings is 1. The third-order valence-electron chi connectivity index (χ3n) is 8.60. The normalized spacial score (nSPS) is 23.8. The summed E-state index contributed by atoms with van der Waals surface area (Å²) in [6.45, 7) is 9.21. The van der Waals surface area contributed by atoms with Gasteiger partial charge in [0.25, 0.3) is 0 Å². The Morgan fingerprint density at radius 3 is 2.30 bits per heavy atom. The first-order valence-electron chi connectivity index (χ1n) is 13.9. The van der Waals surface area contributed by atoms with Crippen LogP contribution >= 0.6 is 0 Å². The summed E-state index contributed by atoms with van der Waals surface area (Å²) in [5.74, 6) is 1.13. The van der Waals surface area contributed by atoms with E-state index in [9.17, 15) is 9.90 Å². The van der Waals surface area contributed by atoms with Crippen LogP contribution in [0.2, 0.25) is 0 Å². The van der Waals surface area contributed by atoms with Crippen LogP contribution in [0.4, 0.5) is 0 Å². The van der Waals surface area contributed by atoms with Crippen LogP contribution in [0.25, 0.3) is 11.0 Å². The Morgan fingerprint density at radius 1 is 0.973 bits per heavy atom. The zero-order chi connectivity index (χ0) is 26.2. The molecule has 6 heteroatoms. The van der Waals surface area contributed by atoms with Crippen molar-refractivity contribution >= 4 is 16.9 Å². The first-order valence-corrected chi connectivity index (χ1v) is 13.9. The predicted octanol–water partition coefficient (Wildman–Crippen LogP) is 5.34. The molecule has 1 aromatic heterocycles. The van der Waals surface area contributed by atoms with Gasteiger partial charge in [0.15, 0.2) is 0 Å². The number of rotatable bonds is 8. The highest BCUT2D eigenvalue weighted by atomic mass is 16.3. The summed E-state index contributed by atoms with van der Waals surface area (Å²) < 4.78 is 2.47. The lowest BCUT2D eigenvalue weighted by Crippen LogP contribution is -2.46. The molecule has 2 fully saturated rings. The number of amides is 1. The number of fused-ring (bicyclic) bond motifs is 3. The molecule has 2 saturated heterocycles. The summed E-state index contributed by atoms with van der Waals surface area (Å²) in [7, 11) is 0. The number of aryl methyl sites for hydroxylation is 1. The summed E-state index contributed by atoms with van der Waals surface area (Å²) in [5, 5.41) is 14.9. The first kappa shape index (κ1) is 25.9. The van der Waals surface area contributed by atoms with Crippen LogP contribution in [0.1, 0.15) is 76.7 Å². The summed E-state index contributed by atoms with van der Waals surface area (Å²) in [4.78, 5) is 19.9. The van der Waals surface area contributed by atoms with E-state index < -0.39 is 11.0 Å². The van der Waals surface area contributed by atoms with E-state index in [1.165, 1.54) is 18.4 Å². The molecule has 3 aromatic rings. The number of hydrogen-bond donors (Lipinski definition) is 2. The van der Waals surface area contributed by atoms with Crippen LogP contribution < -0.4 is 5.32 Å². The van der Waals surface area contributed by atoms with Gasteiger partial charge < -0.3 is 15.0 Å². The minimum atomic E-state index is -0.972. The zero-order valence-electron chi connectivity index (χ0n) is 22.8. The van der Waals surface area contributed by atoms with E-state index >= 15 is 0 Å². The predicted molar refractivity (Wildman–Crippen MR) is 148 cm³/mol. The van der Waals surface area contributed by atoms with Gasteiger partial charge in [0.1, 0.15) is 5.82 Å². The molecule has 37 heavy (non-hydrogen) atoms. The van der Waals surface area contributed by atoms with E-state index in [2.05, 4.69) is 46.0 Å². The van der Waals surface area contributed by atoms with Gasteiger partial charge in [-0.3, -0.25) is 9.69 Å². The number of carbonyl (C=O) groups excluding carboxylic acids is 1. The molecule has 1 amide bonds. The summed E-state index contributed by atoms with van der Waals surface area (Å²) in [6.07, 6.45) is 5.86. The third kappa shape index (κ3) is 5.32. The Balaban J connectivity index is 1.27. The number of aliphatic hydroxyl groups is 1. The molecule has 198 valence electrons. The van der Waals surface area contributed by atoms with Crippen LogP contribution in [-0.2, 0) is 10.4 Å². The molecular formula is C31H42N4O2. The highest BCUT2D eigenvalue weighted by Gasteiger charge is 2.43. The average Bonchev–Trinajstić information content (AvgIpc) is 3.33. The second-order valence-corrected chi connectivity index (χ2v) is 12.2. The molecule has 2 bridgehead atoms. The fourth-order valence-corrected chi connectivity index (χ4v) is 6.57. The Morgan fingerprint density at radius 2 is 1.62 bits per heavy atom. The minimum absolute atomic E-state index is 0.0188. The Kier molecular flexibility index (Phi) is 7.16. The number of nitrogens with one attached hydrogen (secondary N) is 1. The lowest BCUT2D eigenvalue weighted by atomic mass is 9.86. The summed E-state index contributed by atoms with van der Waals surface area (Å²) in [5.41, 5.74) is 1.85. The van der Waals surface area contributed by atoms with Gasteiger partial charge in [0, 0.05) is 36.6 Å². The van der Waals surface area contributed by atoms with Crippen molar-refractivity contribution in [2.24, 2.45) is 5.41 Å². The fourth-order valence-electron chi connectivity index (χ4n) is 6.57. The summed E-state index contributed by atoms with van der Waals surface area (Å²) in [6, 6.07) is 20.0. The number of hydrogen-bond acceptors (Lipinski definition) is 4. The maximum Gasteiger partial charge on any atom is 0.225 e. The Labute approximate surface area is 221 Å². The Hall–Kier alpha value is -2.70. The van der Waals surface area contributed by atoms with Gasteiger partial charge in [-0.1, -0.05) is 63.2 Å². The monoisotopic (exact) mass is 502 g/mol. The molecule has 0 spiro atoms. The number of carbonyl (C=O) groups is 1. The van der Waals surface area contributed by atoms with Crippen molar-refractivity contribution in [3.8, 4) is 0 Å². The van der Waals surface area contributed by atoms with Crippen molar-refractivity contribution in [1.29, 1.82) is 0 Å². The average molecular weight is 503 g/mol. The number of aromatic nitrogens is 2. The summed E-state index contributed by atoms with van der Waals surface area (Å²) >= 11 is 0. The SMILES string of the molecule is Cc1nc2ccccc2n1[C@@H]1C[C@H]2CC[C@@H](C1)N2CCC(O)(CCNC(=O)C(C)(C)C)c1ccccc1. The molecule has 0 saturated carbocycles. The van der Waals surface area contributed by atoms with Crippen molar-refractivity contribution in [3.63, 3.8) is 0 Å². The highest BCUT2D eigenvalue weighted by Crippen LogP contribution is 2.43. The topological polar surface area (TPSA) is 70.4 Å². The van der Waals surface area contributed by atoms with Gasteiger partial charge in [-0.05, 0) is 63.1 Å². The molecule has 4 atom stereocenters. The molecule has 2 aliphatic heterocycles. The van der Waals surface area contributed by atoms with E-state index in [0.717, 1.165) is 36.3 Å². The van der Waals surface area contributed by atoms with Crippen molar-refractivity contribution in [2.45, 2.75) is 89.9 Å². The minimum Gasteiger partial charge on any atom is -0.385 e. The van der Waals surface area contributed by atoms with Crippen LogP contribution in [0.15, 0.2) is 54.6 Å². The van der Waals surface area contributed by atoms with Gasteiger partial charge in [-0.2, -0.15) is 0 Å². The molecule has 1 unspecified atom stereocenters. The van der Waals surface area contributed by atoms with E-state index in [4.69, 9.17) is 4.98 Å². The lowest BCUT2D eigenvalue weighted by molar-refractivity contribution is -0.128. The molecule has 3 heterocycles. The third-order valence-corrected chi connectivity index (χ3v) is 8.60. The Bertz CT molecular complexity index is 1220. The van der Waals surface area contributed by atoms with E-state index in [-0.39, 0.29) is 5.91 Å². The molecule has 2 N–H and O–H groups in total. The maximum atomic E-state index is 12.4. The zero-order valence-corrected chi connectivity index (χ0v) is 22.8. The van der Waals surface area contributed by atoms with Crippen molar-refractivity contribution < 1.29 is 9.90 Å². The molecule has 0 radical (unpaired) electrons. The highest BCUT2D eigenvalue weighted by molar-refractivity contribution is 5.81. The lowest BCUT2D eigenvalue weighted by Gasteiger charge is -2.41. The van der Waals surface area contributed by atoms with Crippen LogP contribution in [-0.4, -0.2) is 50.6 Å². The van der Waals surface area contributed by atoms with Gasteiger partial charge in [0.2, 0.25) is 5.91 Å². The standard InChI is InChI=1S/C31H42N4O2/c1-22-33-27-12-8-9-13-28(27)35(22)26-20-24-14-15-25(21-26)34(24)19-17-31(37,23-10-6-5-7-11-23)16-18-32-29(36)30(2,3)4/h5-13,24-26,37H,14-21H2,1-4H3,(H,32,36)/t24-,25+,26-,31?. The number of benzene rings is 2. The molecule has 5 rings (SSSR count). The number of imidazole rings is 1. The van der Waals surface area contributed by atoms with Crippen molar-refractivity contribution in [3.05, 3.63) is 66.0 Å². The fraction of sp³-hybridized carbons (Fsp3) is 0.548. The second-order valence-electron chi connectivity index (χ2n) is 12.2. The second kappa shape index (κ2) is 10.2. The maximum absolute atomic E-state index is 12.4. The van der Waals surface area contributed by atoms with Crippen LogP contribution in [0, 0.1) is 12.3 Å². The molecule has 6 nitrogen and oxygen atoms in total. The van der Waals surface area contributed by atoms with Gasteiger partial charge >= 0.3 is 0 Å². The van der Waals surface area contributed by atoms with Gasteiger partial charge in [-0.15, -0.1) is 0 Å². The van der Waals surface area contributed by atoms with E-state index in [1.54, 1.807) is 0 Å². The van der Waals surface area contributed by atoms with Gasteiger partial charge in [0.05, 0.1) is 16.6 Å². The van der Waals surface area contributed by atoms with Crippen molar-refractivity contribution in [2.75, 3.05) is 13.1 Å². The largest absolute Gasteiger partial charge is 0.385 e. The smallest absolute Gasteiger partial charge is 0.225 e. The molecule has 0 aliphatic carbocycles.